The Balaban J connectivity index is 1.39. The van der Waals surface area contributed by atoms with Gasteiger partial charge < -0.3 is 9.88 Å². The number of aromatic amines is 1. The van der Waals surface area contributed by atoms with Crippen LogP contribution in [0.5, 0.6) is 0 Å². The molecule has 1 amide bonds. The number of hydrogen-bond donors (Lipinski definition) is 2. The molecule has 0 fully saturated rings. The monoisotopic (exact) mass is 479 g/mol. The highest BCUT2D eigenvalue weighted by molar-refractivity contribution is 7.89. The summed E-state index contributed by atoms with van der Waals surface area (Å²) in [5, 5.41) is 10.8. The first kappa shape index (κ1) is 22.2. The van der Waals surface area contributed by atoms with Crippen molar-refractivity contribution in [3.63, 3.8) is 0 Å². The lowest BCUT2D eigenvalue weighted by Crippen LogP contribution is -2.37. The van der Waals surface area contributed by atoms with Gasteiger partial charge in [0, 0.05) is 61.1 Å². The van der Waals surface area contributed by atoms with E-state index < -0.39 is 10.0 Å². The van der Waals surface area contributed by atoms with Gasteiger partial charge in [-0.2, -0.15) is 9.40 Å². The summed E-state index contributed by atoms with van der Waals surface area (Å²) >= 11 is 0. The quantitative estimate of drug-likeness (QED) is 0.452. The van der Waals surface area contributed by atoms with E-state index in [-0.39, 0.29) is 35.5 Å². The lowest BCUT2D eigenvalue weighted by atomic mass is 10.0. The maximum atomic E-state index is 13.5. The molecule has 0 saturated carbocycles. The van der Waals surface area contributed by atoms with Gasteiger partial charge in [0.2, 0.25) is 10.0 Å². The summed E-state index contributed by atoms with van der Waals surface area (Å²) in [6, 6.07) is 7.12. The fourth-order valence-corrected chi connectivity index (χ4v) is 6.26. The highest BCUT2D eigenvalue weighted by Gasteiger charge is 2.35. The summed E-state index contributed by atoms with van der Waals surface area (Å²) in [4.78, 5) is 21.5. The zero-order chi connectivity index (χ0) is 24.0. The van der Waals surface area contributed by atoms with E-state index >= 15 is 0 Å². The second-order valence-corrected chi connectivity index (χ2v) is 10.5. The summed E-state index contributed by atoms with van der Waals surface area (Å²) in [5.74, 6) is -0.359. The smallest absolute Gasteiger partial charge is 0.268 e. The van der Waals surface area contributed by atoms with Crippen molar-refractivity contribution in [2.24, 2.45) is 7.05 Å². The van der Waals surface area contributed by atoms with Crippen LogP contribution in [0.3, 0.4) is 0 Å². The first-order valence-corrected chi connectivity index (χ1v) is 12.4. The number of carbonyl (C=O) groups excluding carboxylic acids is 1. The summed E-state index contributed by atoms with van der Waals surface area (Å²) in [5.41, 5.74) is 4.30. The lowest BCUT2D eigenvalue weighted by Gasteiger charge is -2.29. The summed E-state index contributed by atoms with van der Waals surface area (Å²) in [6.45, 7) is 4.53. The van der Waals surface area contributed by atoms with Crippen molar-refractivity contribution in [1.82, 2.24) is 34.4 Å². The first-order valence-electron chi connectivity index (χ1n) is 10.9. The minimum Gasteiger partial charge on any atom is -0.347 e. The highest BCUT2D eigenvalue weighted by atomic mass is 32.2. The molecule has 11 heteroatoms. The molecule has 4 heterocycles. The molecule has 4 aromatic rings. The van der Waals surface area contributed by atoms with Crippen molar-refractivity contribution in [2.75, 3.05) is 6.54 Å². The van der Waals surface area contributed by atoms with Gasteiger partial charge in [-0.25, -0.2) is 18.4 Å². The highest BCUT2D eigenvalue weighted by Crippen LogP contribution is 2.32. The Morgan fingerprint density at radius 2 is 2.12 bits per heavy atom. The second-order valence-electron chi connectivity index (χ2n) is 8.60. The van der Waals surface area contributed by atoms with Gasteiger partial charge in [0.1, 0.15) is 16.9 Å². The normalized spacial score (nSPS) is 16.5. The van der Waals surface area contributed by atoms with Gasteiger partial charge in [0.25, 0.3) is 5.91 Å². The zero-order valence-corrected chi connectivity index (χ0v) is 19.9. The number of H-pyrrole nitrogens is 1. The first-order chi connectivity index (χ1) is 16.3. The summed E-state index contributed by atoms with van der Waals surface area (Å²) in [7, 11) is -2.11. The lowest BCUT2D eigenvalue weighted by molar-refractivity contribution is 0.0942. The summed E-state index contributed by atoms with van der Waals surface area (Å²) in [6.07, 6.45) is 4.87. The predicted molar refractivity (Wildman–Crippen MR) is 125 cm³/mol. The van der Waals surface area contributed by atoms with E-state index in [9.17, 15) is 13.2 Å². The van der Waals surface area contributed by atoms with Crippen LogP contribution in [-0.2, 0) is 30.2 Å². The zero-order valence-electron chi connectivity index (χ0n) is 19.1. The second kappa shape index (κ2) is 8.33. The third-order valence-corrected chi connectivity index (χ3v) is 8.41. The largest absolute Gasteiger partial charge is 0.347 e. The van der Waals surface area contributed by atoms with Crippen molar-refractivity contribution in [1.29, 1.82) is 0 Å². The van der Waals surface area contributed by atoms with E-state index in [0.29, 0.717) is 12.2 Å². The molecular formula is C23H25N7O3S. The Bertz CT molecular complexity index is 1500. The number of rotatable bonds is 5. The molecular weight excluding hydrogens is 454 g/mol. The Morgan fingerprint density at radius 3 is 2.94 bits per heavy atom. The standard InChI is InChI=1S/C23H25N7O3S/c1-14-11-30(12-17-9-27-28-22(14)17)34(32,33)21-7-20(29(3)15(21)2)23(31)25-8-16-5-4-6-19-18(16)10-24-13-26-19/h4-7,9-10,13-14H,8,11-12H2,1-3H3,(H,25,31)(H,27,28)/t14-/m0/s1. The van der Waals surface area contributed by atoms with Gasteiger partial charge in [0.15, 0.2) is 0 Å². The number of benzene rings is 1. The van der Waals surface area contributed by atoms with Gasteiger partial charge in [-0.15, -0.1) is 0 Å². The van der Waals surface area contributed by atoms with E-state index in [2.05, 4.69) is 25.5 Å². The fraction of sp³-hybridized carbons (Fsp3) is 0.304. The van der Waals surface area contributed by atoms with E-state index in [1.54, 1.807) is 30.9 Å². The van der Waals surface area contributed by atoms with Crippen LogP contribution in [0.4, 0.5) is 0 Å². The minimum atomic E-state index is -3.80. The molecule has 1 aliphatic rings. The average molecular weight is 480 g/mol. The van der Waals surface area contributed by atoms with Crippen LogP contribution in [-0.4, -0.2) is 49.9 Å². The molecule has 0 unspecified atom stereocenters. The van der Waals surface area contributed by atoms with Crippen LogP contribution in [0.15, 0.2) is 47.9 Å². The van der Waals surface area contributed by atoms with Crippen molar-refractivity contribution in [2.45, 2.75) is 37.8 Å². The number of amides is 1. The van der Waals surface area contributed by atoms with Crippen LogP contribution < -0.4 is 5.32 Å². The third-order valence-electron chi connectivity index (χ3n) is 6.49. The third kappa shape index (κ3) is 3.66. The number of hydrogen-bond acceptors (Lipinski definition) is 6. The Morgan fingerprint density at radius 1 is 1.29 bits per heavy atom. The molecule has 10 nitrogen and oxygen atoms in total. The predicted octanol–water partition coefficient (Wildman–Crippen LogP) is 2.24. The average Bonchev–Trinajstić information content (AvgIpc) is 3.43. The van der Waals surface area contributed by atoms with Crippen molar-refractivity contribution in [3.8, 4) is 0 Å². The molecule has 0 aliphatic carbocycles. The number of sulfonamides is 1. The van der Waals surface area contributed by atoms with Crippen LogP contribution in [0.2, 0.25) is 0 Å². The SMILES string of the molecule is Cc1c(S(=O)(=O)N2Cc3cn[nH]c3[C@@H](C)C2)cc(C(=O)NCc2cccc3ncncc23)n1C. The number of aromatic nitrogens is 5. The number of nitrogens with one attached hydrogen (secondary N) is 2. The number of carbonyl (C=O) groups is 1. The maximum absolute atomic E-state index is 13.5. The number of nitrogens with zero attached hydrogens (tertiary/aromatic N) is 5. The molecule has 176 valence electrons. The maximum Gasteiger partial charge on any atom is 0.268 e. The summed E-state index contributed by atoms with van der Waals surface area (Å²) < 4.78 is 30.1. The molecule has 2 N–H and O–H groups in total. The molecule has 0 radical (unpaired) electrons. The molecule has 1 aliphatic heterocycles. The molecule has 0 bridgehead atoms. The van der Waals surface area contributed by atoms with Gasteiger partial charge in [-0.3, -0.25) is 9.89 Å². The van der Waals surface area contributed by atoms with E-state index in [4.69, 9.17) is 0 Å². The molecule has 3 aromatic heterocycles. The molecule has 0 spiro atoms. The molecule has 1 atom stereocenters. The molecule has 5 rings (SSSR count). The molecule has 0 saturated heterocycles. The van der Waals surface area contributed by atoms with E-state index in [1.807, 2.05) is 25.1 Å². The van der Waals surface area contributed by atoms with Crippen molar-refractivity contribution >= 4 is 26.8 Å². The van der Waals surface area contributed by atoms with Crippen LogP contribution >= 0.6 is 0 Å². The van der Waals surface area contributed by atoms with Gasteiger partial charge in [0.05, 0.1) is 11.7 Å². The topological polar surface area (TPSA) is 126 Å². The van der Waals surface area contributed by atoms with Gasteiger partial charge in [-0.05, 0) is 24.6 Å². The number of fused-ring (bicyclic) bond motifs is 2. The van der Waals surface area contributed by atoms with E-state index in [0.717, 1.165) is 27.7 Å². The van der Waals surface area contributed by atoms with Crippen molar-refractivity contribution < 1.29 is 13.2 Å². The van der Waals surface area contributed by atoms with E-state index in [1.165, 1.54) is 16.7 Å². The minimum absolute atomic E-state index is 0.00233. The Kier molecular flexibility index (Phi) is 5.45. The molecule has 34 heavy (non-hydrogen) atoms. The van der Waals surface area contributed by atoms with Crippen molar-refractivity contribution in [3.05, 3.63) is 71.2 Å². The van der Waals surface area contributed by atoms with Crippen LogP contribution in [0.1, 0.15) is 45.8 Å². The Hall–Kier alpha value is -3.57. The molecule has 1 aromatic carbocycles. The van der Waals surface area contributed by atoms with Crippen LogP contribution in [0.25, 0.3) is 10.9 Å². The fourth-order valence-electron chi connectivity index (χ4n) is 4.48. The van der Waals surface area contributed by atoms with Gasteiger partial charge in [-0.1, -0.05) is 19.1 Å². The Labute approximate surface area is 197 Å². The van der Waals surface area contributed by atoms with Crippen LogP contribution in [0, 0.1) is 6.92 Å². The van der Waals surface area contributed by atoms with Gasteiger partial charge >= 0.3 is 0 Å².